The summed E-state index contributed by atoms with van der Waals surface area (Å²) in [6, 6.07) is 16.8. The molecule has 3 rings (SSSR count). The minimum absolute atomic E-state index is 0.814. The molecule has 0 atom stereocenters. The van der Waals surface area contributed by atoms with Gasteiger partial charge in [-0.2, -0.15) is 5.10 Å². The fraction of sp³-hybridized carbons (Fsp3) is 0.188. The largest absolute Gasteiger partial charge is 0.311 e. The van der Waals surface area contributed by atoms with E-state index in [-0.39, 0.29) is 0 Å². The third-order valence-electron chi connectivity index (χ3n) is 3.21. The van der Waals surface area contributed by atoms with E-state index in [1.807, 2.05) is 10.9 Å². The van der Waals surface area contributed by atoms with E-state index in [0.717, 1.165) is 24.5 Å². The normalized spacial score (nSPS) is 11.0. The second-order valence-corrected chi connectivity index (χ2v) is 4.53. The van der Waals surface area contributed by atoms with Gasteiger partial charge in [0.05, 0.1) is 11.4 Å². The molecule has 0 aliphatic rings. The Bertz CT molecular complexity index is 680. The number of nitrogens with zero attached hydrogens (tertiary/aromatic N) is 2. The molecule has 0 unspecified atom stereocenters. The van der Waals surface area contributed by atoms with Gasteiger partial charge in [-0.3, -0.25) is 0 Å². The summed E-state index contributed by atoms with van der Waals surface area (Å²) in [5.74, 6) is 0. The molecule has 3 nitrogen and oxygen atoms in total. The summed E-state index contributed by atoms with van der Waals surface area (Å²) in [7, 11) is 0. The van der Waals surface area contributed by atoms with E-state index in [1.165, 1.54) is 10.8 Å². The zero-order valence-electron chi connectivity index (χ0n) is 11.0. The summed E-state index contributed by atoms with van der Waals surface area (Å²) in [4.78, 5) is 0. The van der Waals surface area contributed by atoms with Crippen LogP contribution in [0.1, 0.15) is 12.6 Å². The highest BCUT2D eigenvalue weighted by Crippen LogP contribution is 2.21. The number of benzene rings is 2. The lowest BCUT2D eigenvalue weighted by Crippen LogP contribution is -2.12. The number of rotatable bonds is 4. The van der Waals surface area contributed by atoms with Gasteiger partial charge < -0.3 is 5.32 Å². The minimum Gasteiger partial charge on any atom is -0.311 e. The van der Waals surface area contributed by atoms with Crippen LogP contribution >= 0.6 is 0 Å². The summed E-state index contributed by atoms with van der Waals surface area (Å²) in [5, 5.41) is 10.4. The lowest BCUT2D eigenvalue weighted by Gasteiger charge is -2.06. The Morgan fingerprint density at radius 2 is 1.89 bits per heavy atom. The molecule has 0 fully saturated rings. The molecular weight excluding hydrogens is 234 g/mol. The first-order valence-electron chi connectivity index (χ1n) is 6.62. The lowest BCUT2D eigenvalue weighted by atomic mass is 10.1. The maximum Gasteiger partial charge on any atom is 0.0766 e. The molecule has 0 aliphatic carbocycles. The Morgan fingerprint density at radius 3 is 2.79 bits per heavy atom. The zero-order valence-corrected chi connectivity index (χ0v) is 11.0. The Balaban J connectivity index is 2.02. The molecule has 0 saturated heterocycles. The van der Waals surface area contributed by atoms with Crippen LogP contribution in [-0.2, 0) is 6.54 Å². The minimum atomic E-state index is 0.814. The topological polar surface area (TPSA) is 29.9 Å². The summed E-state index contributed by atoms with van der Waals surface area (Å²) >= 11 is 0. The molecular formula is C16H17N3. The van der Waals surface area contributed by atoms with Gasteiger partial charge in [-0.15, -0.1) is 0 Å². The van der Waals surface area contributed by atoms with E-state index >= 15 is 0 Å². The molecule has 1 heterocycles. The molecule has 0 saturated carbocycles. The van der Waals surface area contributed by atoms with Crippen molar-refractivity contribution in [3.8, 4) is 5.69 Å². The van der Waals surface area contributed by atoms with E-state index in [0.29, 0.717) is 0 Å². The molecule has 3 heteroatoms. The second kappa shape index (κ2) is 5.24. The second-order valence-electron chi connectivity index (χ2n) is 4.53. The van der Waals surface area contributed by atoms with E-state index in [4.69, 9.17) is 0 Å². The number of hydrogen-bond donors (Lipinski definition) is 1. The SMILES string of the molecule is CCNCc1ccn(-c2cccc3ccccc23)n1. The molecule has 19 heavy (non-hydrogen) atoms. The first-order chi connectivity index (χ1) is 9.38. The van der Waals surface area contributed by atoms with Crippen molar-refractivity contribution >= 4 is 10.8 Å². The maximum absolute atomic E-state index is 4.62. The molecule has 2 aromatic carbocycles. The van der Waals surface area contributed by atoms with Gasteiger partial charge in [0.2, 0.25) is 0 Å². The van der Waals surface area contributed by atoms with Crippen molar-refractivity contribution in [2.75, 3.05) is 6.54 Å². The van der Waals surface area contributed by atoms with Gasteiger partial charge in [0, 0.05) is 18.1 Å². The van der Waals surface area contributed by atoms with Crippen molar-refractivity contribution in [2.45, 2.75) is 13.5 Å². The summed E-state index contributed by atoms with van der Waals surface area (Å²) in [6.45, 7) is 3.87. The molecule has 0 bridgehead atoms. The predicted octanol–water partition coefficient (Wildman–Crippen LogP) is 3.14. The van der Waals surface area contributed by atoms with Gasteiger partial charge in [0.15, 0.2) is 0 Å². The van der Waals surface area contributed by atoms with Crippen molar-refractivity contribution in [1.82, 2.24) is 15.1 Å². The highest BCUT2D eigenvalue weighted by Gasteiger charge is 2.04. The van der Waals surface area contributed by atoms with Crippen molar-refractivity contribution in [3.05, 3.63) is 60.4 Å². The van der Waals surface area contributed by atoms with Crippen molar-refractivity contribution in [1.29, 1.82) is 0 Å². The van der Waals surface area contributed by atoms with Crippen LogP contribution in [0, 0.1) is 0 Å². The van der Waals surface area contributed by atoms with E-state index in [2.05, 4.69) is 65.9 Å². The van der Waals surface area contributed by atoms with Crippen molar-refractivity contribution in [2.24, 2.45) is 0 Å². The van der Waals surface area contributed by atoms with Crippen LogP contribution in [0.3, 0.4) is 0 Å². The average Bonchev–Trinajstić information content (AvgIpc) is 2.93. The third-order valence-corrected chi connectivity index (χ3v) is 3.21. The summed E-state index contributed by atoms with van der Waals surface area (Å²) < 4.78 is 1.95. The average molecular weight is 251 g/mol. The van der Waals surface area contributed by atoms with Gasteiger partial charge in [0.1, 0.15) is 0 Å². The van der Waals surface area contributed by atoms with Crippen LogP contribution in [0.2, 0.25) is 0 Å². The van der Waals surface area contributed by atoms with Crippen LogP contribution < -0.4 is 5.32 Å². The summed E-state index contributed by atoms with van der Waals surface area (Å²) in [5.41, 5.74) is 2.19. The molecule has 1 aromatic heterocycles. The van der Waals surface area contributed by atoms with E-state index < -0.39 is 0 Å². The monoisotopic (exact) mass is 251 g/mol. The highest BCUT2D eigenvalue weighted by molar-refractivity contribution is 5.89. The number of nitrogens with one attached hydrogen (secondary N) is 1. The van der Waals surface area contributed by atoms with Gasteiger partial charge >= 0.3 is 0 Å². The number of aromatic nitrogens is 2. The van der Waals surface area contributed by atoms with Crippen molar-refractivity contribution < 1.29 is 0 Å². The summed E-state index contributed by atoms with van der Waals surface area (Å²) in [6.07, 6.45) is 2.02. The van der Waals surface area contributed by atoms with Gasteiger partial charge in [-0.05, 0) is 24.1 Å². The Hall–Kier alpha value is -2.13. The van der Waals surface area contributed by atoms with Crippen LogP contribution in [-0.4, -0.2) is 16.3 Å². The Morgan fingerprint density at radius 1 is 1.05 bits per heavy atom. The smallest absolute Gasteiger partial charge is 0.0766 e. The first-order valence-corrected chi connectivity index (χ1v) is 6.62. The maximum atomic E-state index is 4.62. The molecule has 3 aromatic rings. The van der Waals surface area contributed by atoms with E-state index in [1.54, 1.807) is 0 Å². The lowest BCUT2D eigenvalue weighted by molar-refractivity contribution is 0.697. The standard InChI is InChI=1S/C16H17N3/c1-2-17-12-14-10-11-19(18-14)16-9-5-7-13-6-3-4-8-15(13)16/h3-11,17H,2,12H2,1H3. The van der Waals surface area contributed by atoms with Crippen molar-refractivity contribution in [3.63, 3.8) is 0 Å². The molecule has 96 valence electrons. The fourth-order valence-electron chi connectivity index (χ4n) is 2.25. The van der Waals surface area contributed by atoms with Gasteiger partial charge in [0.25, 0.3) is 0 Å². The Kier molecular flexibility index (Phi) is 3.29. The predicted molar refractivity (Wildman–Crippen MR) is 78.5 cm³/mol. The van der Waals surface area contributed by atoms with Crippen LogP contribution in [0.15, 0.2) is 54.7 Å². The van der Waals surface area contributed by atoms with Crippen LogP contribution in [0.4, 0.5) is 0 Å². The first kappa shape index (κ1) is 11.9. The third kappa shape index (κ3) is 2.37. The van der Waals surface area contributed by atoms with Gasteiger partial charge in [-0.25, -0.2) is 4.68 Å². The van der Waals surface area contributed by atoms with Gasteiger partial charge in [-0.1, -0.05) is 43.3 Å². The molecule has 0 amide bonds. The quantitative estimate of drug-likeness (QED) is 0.772. The van der Waals surface area contributed by atoms with E-state index in [9.17, 15) is 0 Å². The molecule has 0 spiro atoms. The molecule has 0 radical (unpaired) electrons. The fourth-order valence-corrected chi connectivity index (χ4v) is 2.25. The van der Waals surface area contributed by atoms with Crippen LogP contribution in [0.5, 0.6) is 0 Å². The zero-order chi connectivity index (χ0) is 13.1. The number of hydrogen-bond acceptors (Lipinski definition) is 2. The Labute approximate surface area is 112 Å². The molecule has 0 aliphatic heterocycles. The number of fused-ring (bicyclic) bond motifs is 1. The van der Waals surface area contributed by atoms with Crippen LogP contribution in [0.25, 0.3) is 16.5 Å². The molecule has 1 N–H and O–H groups in total. The highest BCUT2D eigenvalue weighted by atomic mass is 15.3.